The minimum atomic E-state index is 0.264. The second-order valence-electron chi connectivity index (χ2n) is 5.31. The lowest BCUT2D eigenvalue weighted by Crippen LogP contribution is -2.30. The van der Waals surface area contributed by atoms with Gasteiger partial charge in [-0.05, 0) is 37.8 Å². The quantitative estimate of drug-likeness (QED) is 0.906. The molecule has 2 rings (SSSR count). The highest BCUT2D eigenvalue weighted by atomic mass is 16.2. The summed E-state index contributed by atoms with van der Waals surface area (Å²) in [6, 6.07) is 3.99. The maximum atomic E-state index is 12.1. The molecule has 2 heterocycles. The van der Waals surface area contributed by atoms with Crippen molar-refractivity contribution in [2.45, 2.75) is 39.7 Å². The highest BCUT2D eigenvalue weighted by Crippen LogP contribution is 2.19. The van der Waals surface area contributed by atoms with E-state index in [1.54, 1.807) is 6.20 Å². The Morgan fingerprint density at radius 2 is 2.32 bits per heavy atom. The van der Waals surface area contributed by atoms with E-state index in [4.69, 9.17) is 0 Å². The van der Waals surface area contributed by atoms with Crippen molar-refractivity contribution < 1.29 is 4.79 Å². The minimum Gasteiger partial charge on any atom is -0.385 e. The zero-order chi connectivity index (χ0) is 13.7. The van der Waals surface area contributed by atoms with E-state index >= 15 is 0 Å². The van der Waals surface area contributed by atoms with Crippen molar-refractivity contribution in [3.63, 3.8) is 0 Å². The maximum absolute atomic E-state index is 12.1. The fraction of sp³-hybridized carbons (Fsp3) is 0.600. The van der Waals surface area contributed by atoms with E-state index in [1.807, 2.05) is 17.0 Å². The molecular formula is C15H23N3O. The SMILES string of the molecule is CCNc1ccnc(CN2CCC(C)CCC2=O)c1. The molecule has 0 aliphatic carbocycles. The number of pyridine rings is 1. The summed E-state index contributed by atoms with van der Waals surface area (Å²) in [5, 5.41) is 3.27. The normalized spacial score (nSPS) is 20.2. The molecule has 4 heteroatoms. The standard InChI is InChI=1S/C15H23N3O/c1-3-16-13-6-8-17-14(10-13)11-18-9-7-12(2)4-5-15(18)19/h6,8,10,12H,3-5,7,9,11H2,1-2H3,(H,16,17). The second kappa shape index (κ2) is 6.55. The summed E-state index contributed by atoms with van der Waals surface area (Å²) in [5.74, 6) is 0.912. The smallest absolute Gasteiger partial charge is 0.222 e. The molecule has 1 aromatic rings. The van der Waals surface area contributed by atoms with Crippen molar-refractivity contribution in [3.05, 3.63) is 24.0 Å². The summed E-state index contributed by atoms with van der Waals surface area (Å²) in [6.07, 6.45) is 4.59. The molecular weight excluding hydrogens is 238 g/mol. The molecule has 1 fully saturated rings. The van der Waals surface area contributed by atoms with Gasteiger partial charge in [-0.3, -0.25) is 9.78 Å². The van der Waals surface area contributed by atoms with Gasteiger partial charge < -0.3 is 10.2 Å². The van der Waals surface area contributed by atoms with E-state index in [0.717, 1.165) is 37.3 Å². The van der Waals surface area contributed by atoms with Crippen LogP contribution in [0.3, 0.4) is 0 Å². The first-order chi connectivity index (χ1) is 9.19. The third-order valence-electron chi connectivity index (χ3n) is 3.65. The molecule has 1 unspecified atom stereocenters. The second-order valence-corrected chi connectivity index (χ2v) is 5.31. The molecule has 104 valence electrons. The number of carbonyl (C=O) groups is 1. The molecule has 1 saturated heterocycles. The van der Waals surface area contributed by atoms with Crippen LogP contribution in [0.5, 0.6) is 0 Å². The number of hydrogen-bond donors (Lipinski definition) is 1. The zero-order valence-electron chi connectivity index (χ0n) is 11.9. The summed E-state index contributed by atoms with van der Waals surface area (Å²) >= 11 is 0. The van der Waals surface area contributed by atoms with Crippen LogP contribution >= 0.6 is 0 Å². The van der Waals surface area contributed by atoms with Gasteiger partial charge in [-0.2, -0.15) is 0 Å². The third kappa shape index (κ3) is 3.94. The highest BCUT2D eigenvalue weighted by molar-refractivity contribution is 5.76. The molecule has 0 bridgehead atoms. The number of anilines is 1. The van der Waals surface area contributed by atoms with Crippen LogP contribution in [-0.4, -0.2) is 28.9 Å². The molecule has 19 heavy (non-hydrogen) atoms. The molecule has 0 spiro atoms. The van der Waals surface area contributed by atoms with Crippen LogP contribution in [0, 0.1) is 5.92 Å². The fourth-order valence-electron chi connectivity index (χ4n) is 2.41. The van der Waals surface area contributed by atoms with Gasteiger partial charge in [0, 0.05) is 31.4 Å². The number of hydrogen-bond acceptors (Lipinski definition) is 3. The minimum absolute atomic E-state index is 0.264. The summed E-state index contributed by atoms with van der Waals surface area (Å²) < 4.78 is 0. The number of nitrogens with zero attached hydrogens (tertiary/aromatic N) is 2. The number of carbonyl (C=O) groups excluding carboxylic acids is 1. The van der Waals surface area contributed by atoms with Crippen molar-refractivity contribution in [2.75, 3.05) is 18.4 Å². The van der Waals surface area contributed by atoms with E-state index in [9.17, 15) is 4.79 Å². The molecule has 0 radical (unpaired) electrons. The van der Waals surface area contributed by atoms with Crippen molar-refractivity contribution in [2.24, 2.45) is 5.92 Å². The van der Waals surface area contributed by atoms with Crippen LogP contribution in [0.25, 0.3) is 0 Å². The van der Waals surface area contributed by atoms with E-state index in [-0.39, 0.29) is 5.91 Å². The largest absolute Gasteiger partial charge is 0.385 e. The number of nitrogens with one attached hydrogen (secondary N) is 1. The first-order valence-electron chi connectivity index (χ1n) is 7.15. The molecule has 1 aliphatic rings. The number of rotatable bonds is 4. The molecule has 1 amide bonds. The van der Waals surface area contributed by atoms with Crippen molar-refractivity contribution >= 4 is 11.6 Å². The lowest BCUT2D eigenvalue weighted by atomic mass is 10.0. The Balaban J connectivity index is 2.02. The lowest BCUT2D eigenvalue weighted by molar-refractivity contribution is -0.131. The van der Waals surface area contributed by atoms with Gasteiger partial charge in [0.15, 0.2) is 0 Å². The maximum Gasteiger partial charge on any atom is 0.222 e. The van der Waals surface area contributed by atoms with Gasteiger partial charge in [-0.25, -0.2) is 0 Å². The first kappa shape index (κ1) is 13.8. The van der Waals surface area contributed by atoms with Crippen LogP contribution in [-0.2, 0) is 11.3 Å². The summed E-state index contributed by atoms with van der Waals surface area (Å²) in [5.41, 5.74) is 2.03. The molecule has 1 aliphatic heterocycles. The van der Waals surface area contributed by atoms with Gasteiger partial charge >= 0.3 is 0 Å². The van der Waals surface area contributed by atoms with Crippen LogP contribution < -0.4 is 5.32 Å². The molecule has 0 saturated carbocycles. The molecule has 1 N–H and O–H groups in total. The van der Waals surface area contributed by atoms with Crippen molar-refractivity contribution in [1.82, 2.24) is 9.88 Å². The zero-order valence-corrected chi connectivity index (χ0v) is 11.9. The fourth-order valence-corrected chi connectivity index (χ4v) is 2.41. The Hall–Kier alpha value is -1.58. The van der Waals surface area contributed by atoms with Gasteiger partial charge in [0.1, 0.15) is 0 Å². The van der Waals surface area contributed by atoms with E-state index in [2.05, 4.69) is 24.1 Å². The Bertz CT molecular complexity index is 433. The summed E-state index contributed by atoms with van der Waals surface area (Å²) in [4.78, 5) is 18.4. The van der Waals surface area contributed by atoms with Crippen LogP contribution in [0.2, 0.25) is 0 Å². The predicted octanol–water partition coefficient (Wildman–Crippen LogP) is 2.66. The van der Waals surface area contributed by atoms with Crippen LogP contribution in [0.15, 0.2) is 18.3 Å². The number of aromatic nitrogens is 1. The topological polar surface area (TPSA) is 45.2 Å². The first-order valence-corrected chi connectivity index (χ1v) is 7.15. The van der Waals surface area contributed by atoms with Gasteiger partial charge in [0.2, 0.25) is 5.91 Å². The Labute approximate surface area is 115 Å². The molecule has 4 nitrogen and oxygen atoms in total. The molecule has 1 atom stereocenters. The lowest BCUT2D eigenvalue weighted by Gasteiger charge is -2.20. The highest BCUT2D eigenvalue weighted by Gasteiger charge is 2.20. The summed E-state index contributed by atoms with van der Waals surface area (Å²) in [6.45, 7) is 6.67. The third-order valence-corrected chi connectivity index (χ3v) is 3.65. The van der Waals surface area contributed by atoms with E-state index in [1.165, 1.54) is 0 Å². The van der Waals surface area contributed by atoms with Gasteiger partial charge in [0.25, 0.3) is 0 Å². The average Bonchev–Trinajstić information content (AvgIpc) is 2.55. The Kier molecular flexibility index (Phi) is 4.77. The van der Waals surface area contributed by atoms with Crippen molar-refractivity contribution in [3.8, 4) is 0 Å². The van der Waals surface area contributed by atoms with Crippen LogP contribution in [0.4, 0.5) is 5.69 Å². The number of likely N-dealkylation sites (tertiary alicyclic amines) is 1. The molecule has 1 aromatic heterocycles. The summed E-state index contributed by atoms with van der Waals surface area (Å²) in [7, 11) is 0. The number of amides is 1. The van der Waals surface area contributed by atoms with Gasteiger partial charge in [-0.1, -0.05) is 6.92 Å². The monoisotopic (exact) mass is 261 g/mol. The molecule has 0 aromatic carbocycles. The van der Waals surface area contributed by atoms with Gasteiger partial charge in [-0.15, -0.1) is 0 Å². The Morgan fingerprint density at radius 3 is 3.11 bits per heavy atom. The Morgan fingerprint density at radius 1 is 1.47 bits per heavy atom. The average molecular weight is 261 g/mol. The van der Waals surface area contributed by atoms with E-state index < -0.39 is 0 Å². The van der Waals surface area contributed by atoms with E-state index in [0.29, 0.717) is 18.9 Å². The van der Waals surface area contributed by atoms with Crippen molar-refractivity contribution in [1.29, 1.82) is 0 Å². The van der Waals surface area contributed by atoms with Crippen LogP contribution in [0.1, 0.15) is 38.8 Å². The van der Waals surface area contributed by atoms with Gasteiger partial charge in [0.05, 0.1) is 12.2 Å². The predicted molar refractivity (Wildman–Crippen MR) is 76.8 cm³/mol.